The molecule has 2 fully saturated rings. The van der Waals surface area contributed by atoms with Crippen molar-refractivity contribution in [2.75, 3.05) is 26.3 Å². The van der Waals surface area contributed by atoms with E-state index in [1.165, 1.54) is 12.8 Å². The second kappa shape index (κ2) is 4.21. The van der Waals surface area contributed by atoms with Gasteiger partial charge in [0, 0.05) is 13.2 Å². The minimum Gasteiger partial charge on any atom is -0.379 e. The maximum Gasteiger partial charge on any atom is 0.0834 e. The zero-order valence-corrected chi connectivity index (χ0v) is 7.42. The Morgan fingerprint density at radius 1 is 1.25 bits per heavy atom. The molecule has 0 bridgehead atoms. The second-order valence-electron chi connectivity index (χ2n) is 3.59. The van der Waals surface area contributed by atoms with Gasteiger partial charge in [0.15, 0.2) is 0 Å². The molecule has 70 valence electrons. The SMILES string of the molecule is C1CNC[C@@H](OC2CCOC2)C1. The molecule has 0 radical (unpaired) electrons. The lowest BCUT2D eigenvalue weighted by Gasteiger charge is -2.25. The van der Waals surface area contributed by atoms with E-state index in [-0.39, 0.29) is 0 Å². The normalized spacial score (nSPS) is 37.0. The molecule has 12 heavy (non-hydrogen) atoms. The van der Waals surface area contributed by atoms with E-state index >= 15 is 0 Å². The lowest BCUT2D eigenvalue weighted by Crippen LogP contribution is -2.37. The summed E-state index contributed by atoms with van der Waals surface area (Å²) in [6.07, 6.45) is 4.35. The summed E-state index contributed by atoms with van der Waals surface area (Å²) in [6.45, 7) is 3.86. The third-order valence-corrected chi connectivity index (χ3v) is 2.52. The molecule has 2 rings (SSSR count). The fraction of sp³-hybridized carbons (Fsp3) is 1.00. The average Bonchev–Trinajstić information content (AvgIpc) is 2.59. The van der Waals surface area contributed by atoms with Crippen LogP contribution in [0, 0.1) is 0 Å². The van der Waals surface area contributed by atoms with Crippen molar-refractivity contribution in [3.8, 4) is 0 Å². The fourth-order valence-corrected chi connectivity index (χ4v) is 1.83. The molecule has 0 aromatic carbocycles. The van der Waals surface area contributed by atoms with Crippen LogP contribution in [0.4, 0.5) is 0 Å². The van der Waals surface area contributed by atoms with Gasteiger partial charge in [-0.15, -0.1) is 0 Å². The van der Waals surface area contributed by atoms with Crippen molar-refractivity contribution in [3.05, 3.63) is 0 Å². The van der Waals surface area contributed by atoms with Crippen LogP contribution >= 0.6 is 0 Å². The van der Waals surface area contributed by atoms with E-state index < -0.39 is 0 Å². The van der Waals surface area contributed by atoms with Gasteiger partial charge in [-0.3, -0.25) is 0 Å². The lowest BCUT2D eigenvalue weighted by molar-refractivity contribution is -0.0254. The number of rotatable bonds is 2. The number of nitrogens with one attached hydrogen (secondary N) is 1. The van der Waals surface area contributed by atoms with E-state index in [1.807, 2.05) is 0 Å². The summed E-state index contributed by atoms with van der Waals surface area (Å²) >= 11 is 0. The van der Waals surface area contributed by atoms with Crippen LogP contribution in [0.3, 0.4) is 0 Å². The Hall–Kier alpha value is -0.120. The highest BCUT2D eigenvalue weighted by Gasteiger charge is 2.21. The van der Waals surface area contributed by atoms with E-state index in [0.29, 0.717) is 12.2 Å². The summed E-state index contributed by atoms with van der Waals surface area (Å²) in [4.78, 5) is 0. The first-order chi connectivity index (χ1) is 5.95. The van der Waals surface area contributed by atoms with Gasteiger partial charge in [0.1, 0.15) is 0 Å². The first-order valence-corrected chi connectivity index (χ1v) is 4.89. The molecule has 1 N–H and O–H groups in total. The van der Waals surface area contributed by atoms with Crippen molar-refractivity contribution in [3.63, 3.8) is 0 Å². The molecule has 1 unspecified atom stereocenters. The fourth-order valence-electron chi connectivity index (χ4n) is 1.83. The molecule has 2 heterocycles. The van der Waals surface area contributed by atoms with Crippen LogP contribution in [0.1, 0.15) is 19.3 Å². The molecule has 2 saturated heterocycles. The number of hydrogen-bond acceptors (Lipinski definition) is 3. The molecule has 2 aliphatic heterocycles. The average molecular weight is 171 g/mol. The van der Waals surface area contributed by atoms with Gasteiger partial charge < -0.3 is 14.8 Å². The largest absolute Gasteiger partial charge is 0.379 e. The first-order valence-electron chi connectivity index (χ1n) is 4.89. The predicted octanol–water partition coefficient (Wildman–Crippen LogP) is 0.544. The topological polar surface area (TPSA) is 30.5 Å². The third kappa shape index (κ3) is 2.19. The van der Waals surface area contributed by atoms with Crippen LogP contribution in [-0.2, 0) is 9.47 Å². The predicted molar refractivity (Wildman–Crippen MR) is 46.2 cm³/mol. The Morgan fingerprint density at radius 2 is 2.25 bits per heavy atom. The molecule has 0 aliphatic carbocycles. The summed E-state index contributed by atoms with van der Waals surface area (Å²) in [6, 6.07) is 0. The van der Waals surface area contributed by atoms with E-state index in [9.17, 15) is 0 Å². The Kier molecular flexibility index (Phi) is 2.98. The summed E-state index contributed by atoms with van der Waals surface area (Å²) in [5.41, 5.74) is 0. The standard InChI is InChI=1S/C9H17NO2/c1-2-8(6-10-4-1)12-9-3-5-11-7-9/h8-10H,1-7H2/t8-,9?/m0/s1. The smallest absolute Gasteiger partial charge is 0.0834 e. The highest BCUT2D eigenvalue weighted by molar-refractivity contribution is 4.72. The first kappa shape index (κ1) is 8.48. The van der Waals surface area contributed by atoms with Crippen LogP contribution in [0.2, 0.25) is 0 Å². The Balaban J connectivity index is 1.69. The highest BCUT2D eigenvalue weighted by atomic mass is 16.5. The zero-order chi connectivity index (χ0) is 8.23. The minimum absolute atomic E-state index is 0.370. The monoisotopic (exact) mass is 171 g/mol. The van der Waals surface area contributed by atoms with Crippen LogP contribution in [0.5, 0.6) is 0 Å². The van der Waals surface area contributed by atoms with Gasteiger partial charge in [0.05, 0.1) is 18.8 Å². The summed E-state index contributed by atoms with van der Waals surface area (Å²) in [5.74, 6) is 0. The van der Waals surface area contributed by atoms with Gasteiger partial charge in [-0.1, -0.05) is 0 Å². The number of hydrogen-bond donors (Lipinski definition) is 1. The molecule has 0 aromatic rings. The van der Waals surface area contributed by atoms with E-state index in [0.717, 1.165) is 32.7 Å². The highest BCUT2D eigenvalue weighted by Crippen LogP contribution is 2.14. The van der Waals surface area contributed by atoms with Crippen molar-refractivity contribution in [2.24, 2.45) is 0 Å². The Morgan fingerprint density at radius 3 is 2.92 bits per heavy atom. The molecule has 3 heteroatoms. The number of piperidine rings is 1. The number of ether oxygens (including phenoxy) is 2. The van der Waals surface area contributed by atoms with Gasteiger partial charge >= 0.3 is 0 Å². The Labute approximate surface area is 73.4 Å². The van der Waals surface area contributed by atoms with Crippen LogP contribution < -0.4 is 5.32 Å². The van der Waals surface area contributed by atoms with E-state index in [1.54, 1.807) is 0 Å². The minimum atomic E-state index is 0.370. The second-order valence-corrected chi connectivity index (χ2v) is 3.59. The molecule has 3 nitrogen and oxygen atoms in total. The molecule has 0 amide bonds. The van der Waals surface area contributed by atoms with Crippen molar-refractivity contribution >= 4 is 0 Å². The van der Waals surface area contributed by atoms with Gasteiger partial charge in [0.25, 0.3) is 0 Å². The quantitative estimate of drug-likeness (QED) is 0.658. The van der Waals surface area contributed by atoms with Crippen LogP contribution in [-0.4, -0.2) is 38.5 Å². The van der Waals surface area contributed by atoms with Gasteiger partial charge in [-0.05, 0) is 25.8 Å². The van der Waals surface area contributed by atoms with Crippen LogP contribution in [0.25, 0.3) is 0 Å². The maximum atomic E-state index is 5.86. The third-order valence-electron chi connectivity index (χ3n) is 2.52. The summed E-state index contributed by atoms with van der Waals surface area (Å²) < 4.78 is 11.1. The molecule has 0 aromatic heterocycles. The van der Waals surface area contributed by atoms with E-state index in [4.69, 9.17) is 9.47 Å². The maximum absolute atomic E-state index is 5.86. The zero-order valence-electron chi connectivity index (χ0n) is 7.42. The lowest BCUT2D eigenvalue weighted by atomic mass is 10.1. The molecule has 0 saturated carbocycles. The van der Waals surface area contributed by atoms with Crippen molar-refractivity contribution < 1.29 is 9.47 Å². The van der Waals surface area contributed by atoms with Gasteiger partial charge in [0.2, 0.25) is 0 Å². The van der Waals surface area contributed by atoms with Crippen molar-refractivity contribution in [2.45, 2.75) is 31.5 Å². The Bertz CT molecular complexity index is 128. The molecule has 2 atom stereocenters. The van der Waals surface area contributed by atoms with Crippen molar-refractivity contribution in [1.29, 1.82) is 0 Å². The van der Waals surface area contributed by atoms with Crippen LogP contribution in [0.15, 0.2) is 0 Å². The molecular weight excluding hydrogens is 154 g/mol. The van der Waals surface area contributed by atoms with E-state index in [2.05, 4.69) is 5.32 Å². The molecular formula is C9H17NO2. The molecule has 0 spiro atoms. The summed E-state index contributed by atoms with van der Waals surface area (Å²) in [5, 5.41) is 3.34. The summed E-state index contributed by atoms with van der Waals surface area (Å²) in [7, 11) is 0. The van der Waals surface area contributed by atoms with Gasteiger partial charge in [-0.2, -0.15) is 0 Å². The molecule has 2 aliphatic rings. The van der Waals surface area contributed by atoms with Crippen molar-refractivity contribution in [1.82, 2.24) is 5.32 Å². The van der Waals surface area contributed by atoms with Gasteiger partial charge in [-0.25, -0.2) is 0 Å².